The number of rotatable bonds is 6. The molecule has 3 unspecified atom stereocenters. The fourth-order valence-electron chi connectivity index (χ4n) is 5.09. The molecule has 3 heterocycles. The van der Waals surface area contributed by atoms with Gasteiger partial charge in [-0.1, -0.05) is 19.1 Å². The minimum Gasteiger partial charge on any atom is -0.455 e. The van der Waals surface area contributed by atoms with Gasteiger partial charge in [-0.05, 0) is 31.7 Å². The molecule has 0 amide bonds. The Morgan fingerprint density at radius 3 is 2.57 bits per heavy atom. The van der Waals surface area contributed by atoms with Gasteiger partial charge in [0, 0.05) is 68.6 Å². The van der Waals surface area contributed by atoms with Gasteiger partial charge in [0.15, 0.2) is 35.0 Å². The molecule has 0 spiro atoms. The van der Waals surface area contributed by atoms with Crippen molar-refractivity contribution in [2.45, 2.75) is 31.5 Å². The molecule has 190 valence electrons. The second kappa shape index (κ2) is 11.1. The van der Waals surface area contributed by atoms with Crippen molar-refractivity contribution in [2.24, 2.45) is 0 Å². The summed E-state index contributed by atoms with van der Waals surface area (Å²) >= 11 is 1.93. The number of aliphatic hydroxyl groups is 1. The van der Waals surface area contributed by atoms with Crippen LogP contribution in [-0.2, 0) is 4.74 Å². The van der Waals surface area contributed by atoms with Crippen molar-refractivity contribution in [1.29, 1.82) is 0 Å². The van der Waals surface area contributed by atoms with Gasteiger partial charge in [-0.15, -0.1) is 0 Å². The van der Waals surface area contributed by atoms with E-state index in [1.54, 1.807) is 0 Å². The van der Waals surface area contributed by atoms with Crippen molar-refractivity contribution in [3.8, 4) is 11.5 Å². The molecular weight excluding hydrogens is 559 g/mol. The summed E-state index contributed by atoms with van der Waals surface area (Å²) in [6.45, 7) is 9.39. The maximum atomic E-state index is 11.1. The monoisotopic (exact) mass is 594 g/mol. The number of anilines is 1. The van der Waals surface area contributed by atoms with E-state index in [2.05, 4.69) is 52.2 Å². The van der Waals surface area contributed by atoms with Gasteiger partial charge in [0.05, 0.1) is 18.9 Å². The first-order valence-electron chi connectivity index (χ1n) is 12.5. The predicted molar refractivity (Wildman–Crippen MR) is 145 cm³/mol. The van der Waals surface area contributed by atoms with Crippen LogP contribution in [0.4, 0.5) is 5.69 Å². The maximum Gasteiger partial charge on any atom is 0.192 e. The van der Waals surface area contributed by atoms with Crippen molar-refractivity contribution in [1.82, 2.24) is 15.1 Å². The molecule has 0 saturated carbocycles. The highest BCUT2D eigenvalue weighted by molar-refractivity contribution is 14.1. The minimum atomic E-state index is -0.889. The van der Waals surface area contributed by atoms with Gasteiger partial charge in [-0.25, -0.2) is 0 Å². The molecule has 4 aliphatic rings. The summed E-state index contributed by atoms with van der Waals surface area (Å²) in [4.78, 5) is 7.04. The number of piperazine rings is 1. The first-order chi connectivity index (χ1) is 17.0. The number of ether oxygens (including phenoxy) is 2. The fraction of sp³-hybridized carbons (Fsp3) is 0.538. The highest BCUT2D eigenvalue weighted by atomic mass is 127. The maximum absolute atomic E-state index is 11.1. The van der Waals surface area contributed by atoms with Crippen molar-refractivity contribution in [2.75, 3.05) is 64.4 Å². The summed E-state index contributed by atoms with van der Waals surface area (Å²) in [5.74, 6) is 2.29. The Labute approximate surface area is 221 Å². The SMILES string of the molecule is CC1C=C(C(O)NC2C=CC(N3CCOCC3)=CC2)Oc2c1cc(OI)cc2N1CCN(C)CC1. The van der Waals surface area contributed by atoms with E-state index in [-0.39, 0.29) is 12.0 Å². The average Bonchev–Trinajstić information content (AvgIpc) is 2.89. The van der Waals surface area contributed by atoms with Crippen molar-refractivity contribution in [3.05, 3.63) is 53.5 Å². The summed E-state index contributed by atoms with van der Waals surface area (Å²) < 4.78 is 17.4. The molecule has 2 N–H and O–H groups in total. The number of likely N-dealkylation sites (N-methyl/N-ethyl adjacent to an activating group) is 1. The topological polar surface area (TPSA) is 69.7 Å². The largest absolute Gasteiger partial charge is 0.455 e. The molecule has 2 fully saturated rings. The third kappa shape index (κ3) is 5.64. The Bertz CT molecular complexity index is 999. The molecule has 1 aromatic rings. The van der Waals surface area contributed by atoms with Gasteiger partial charge in [0.25, 0.3) is 0 Å². The van der Waals surface area contributed by atoms with Crippen molar-refractivity contribution >= 4 is 28.7 Å². The molecule has 0 aromatic heterocycles. The summed E-state index contributed by atoms with van der Waals surface area (Å²) in [7, 11) is 2.15. The number of morpholine rings is 1. The van der Waals surface area contributed by atoms with E-state index in [1.165, 1.54) is 5.70 Å². The number of aliphatic hydroxyl groups excluding tert-OH is 1. The third-order valence-corrected chi connectivity index (χ3v) is 7.74. The molecule has 3 aliphatic heterocycles. The van der Waals surface area contributed by atoms with Crippen LogP contribution < -0.4 is 18.0 Å². The first-order valence-corrected chi connectivity index (χ1v) is 13.3. The van der Waals surface area contributed by atoms with E-state index in [0.717, 1.165) is 81.7 Å². The van der Waals surface area contributed by atoms with E-state index in [4.69, 9.17) is 12.5 Å². The molecule has 5 rings (SSSR count). The van der Waals surface area contributed by atoms with Crippen LogP contribution in [0.3, 0.4) is 0 Å². The molecule has 2 saturated heterocycles. The zero-order valence-corrected chi connectivity index (χ0v) is 22.6. The summed E-state index contributed by atoms with van der Waals surface area (Å²) in [6, 6.07) is 4.14. The van der Waals surface area contributed by atoms with Gasteiger partial charge < -0.3 is 32.3 Å². The van der Waals surface area contributed by atoms with Crippen LogP contribution in [0.25, 0.3) is 0 Å². The lowest BCUT2D eigenvalue weighted by Gasteiger charge is -2.37. The van der Waals surface area contributed by atoms with Gasteiger partial charge >= 0.3 is 0 Å². The van der Waals surface area contributed by atoms with E-state index >= 15 is 0 Å². The normalized spacial score (nSPS) is 25.9. The second-order valence-corrected chi connectivity index (χ2v) is 10.1. The van der Waals surface area contributed by atoms with Gasteiger partial charge in [-0.2, -0.15) is 0 Å². The van der Waals surface area contributed by atoms with Crippen LogP contribution in [0.2, 0.25) is 0 Å². The number of allylic oxidation sites excluding steroid dienone is 2. The second-order valence-electron chi connectivity index (χ2n) is 9.69. The first kappa shape index (κ1) is 24.9. The number of hydrogen-bond donors (Lipinski definition) is 2. The molecular formula is C26H35IN4O4. The highest BCUT2D eigenvalue weighted by Gasteiger charge is 2.30. The lowest BCUT2D eigenvalue weighted by atomic mass is 9.95. The number of fused-ring (bicyclic) bond motifs is 1. The Morgan fingerprint density at radius 1 is 1.11 bits per heavy atom. The number of nitrogens with one attached hydrogen (secondary N) is 1. The number of nitrogens with zero attached hydrogens (tertiary/aromatic N) is 3. The van der Waals surface area contributed by atoms with E-state index in [9.17, 15) is 5.11 Å². The van der Waals surface area contributed by atoms with Crippen LogP contribution >= 0.6 is 23.0 Å². The molecule has 9 heteroatoms. The van der Waals surface area contributed by atoms with Crippen LogP contribution in [-0.4, -0.2) is 86.7 Å². The lowest BCUT2D eigenvalue weighted by Crippen LogP contribution is -2.45. The zero-order chi connectivity index (χ0) is 24.4. The van der Waals surface area contributed by atoms with Crippen LogP contribution in [0.5, 0.6) is 11.5 Å². The molecule has 35 heavy (non-hydrogen) atoms. The average molecular weight is 594 g/mol. The Morgan fingerprint density at radius 2 is 1.89 bits per heavy atom. The summed E-state index contributed by atoms with van der Waals surface area (Å²) in [6.07, 6.45) is 8.45. The Kier molecular flexibility index (Phi) is 7.88. The van der Waals surface area contributed by atoms with Gasteiger partial charge in [0.1, 0.15) is 11.5 Å². The van der Waals surface area contributed by atoms with E-state index in [1.807, 2.05) is 41.2 Å². The number of benzene rings is 1. The summed E-state index contributed by atoms with van der Waals surface area (Å²) in [5, 5.41) is 14.4. The quantitative estimate of drug-likeness (QED) is 0.385. The van der Waals surface area contributed by atoms with Crippen molar-refractivity contribution < 1.29 is 17.6 Å². The Balaban J connectivity index is 1.28. The zero-order valence-electron chi connectivity index (χ0n) is 20.5. The molecule has 8 nitrogen and oxygen atoms in total. The summed E-state index contributed by atoms with van der Waals surface area (Å²) in [5.41, 5.74) is 3.35. The minimum absolute atomic E-state index is 0.0443. The molecule has 3 atom stereocenters. The lowest BCUT2D eigenvalue weighted by molar-refractivity contribution is 0.0549. The van der Waals surface area contributed by atoms with Gasteiger partial charge in [0.2, 0.25) is 0 Å². The molecule has 1 aromatic carbocycles. The molecule has 0 radical (unpaired) electrons. The standard InChI is InChI=1S/C26H35IN4O4/c1-18-15-24(26(32)28-19-3-5-20(6-4-19)30-11-13-33-14-12-30)34-25-22(18)16-21(35-27)17-23(25)31-9-7-29(2)8-10-31/h3,5-6,15-19,26,28,32H,4,7-14H2,1-2H3. The number of halogens is 1. The Hall–Kier alpha value is -1.79. The highest BCUT2D eigenvalue weighted by Crippen LogP contribution is 2.45. The smallest absolute Gasteiger partial charge is 0.192 e. The number of hydrogen-bond acceptors (Lipinski definition) is 8. The molecule has 0 bridgehead atoms. The predicted octanol–water partition coefficient (Wildman–Crippen LogP) is 3.00. The van der Waals surface area contributed by atoms with E-state index < -0.39 is 6.23 Å². The van der Waals surface area contributed by atoms with Crippen LogP contribution in [0.1, 0.15) is 24.8 Å². The third-order valence-electron chi connectivity index (χ3n) is 7.23. The van der Waals surface area contributed by atoms with Gasteiger partial charge in [-0.3, -0.25) is 5.32 Å². The van der Waals surface area contributed by atoms with Crippen LogP contribution in [0, 0.1) is 0 Å². The molecule has 1 aliphatic carbocycles. The van der Waals surface area contributed by atoms with Crippen molar-refractivity contribution in [3.63, 3.8) is 0 Å². The van der Waals surface area contributed by atoms with E-state index in [0.29, 0.717) is 5.76 Å². The van der Waals surface area contributed by atoms with Crippen LogP contribution in [0.15, 0.2) is 47.9 Å². The fourth-order valence-corrected chi connectivity index (χ4v) is 5.35.